The molecule has 3 rings (SSSR count). The summed E-state index contributed by atoms with van der Waals surface area (Å²) in [6.07, 6.45) is 2.66. The number of rotatable bonds is 6. The van der Waals surface area contributed by atoms with Crippen molar-refractivity contribution in [1.82, 2.24) is 15.4 Å². The average Bonchev–Trinajstić information content (AvgIpc) is 3.17. The van der Waals surface area contributed by atoms with Crippen molar-refractivity contribution < 1.29 is 18.7 Å². The van der Waals surface area contributed by atoms with E-state index in [4.69, 9.17) is 19.6 Å². The molecular formula is C16H15N5O4. The van der Waals surface area contributed by atoms with E-state index in [1.165, 1.54) is 18.7 Å². The third-order valence-electron chi connectivity index (χ3n) is 3.16. The molecule has 0 bridgehead atoms. The summed E-state index contributed by atoms with van der Waals surface area (Å²) in [6, 6.07) is 10.1. The molecule has 0 aliphatic heterocycles. The van der Waals surface area contributed by atoms with Crippen LogP contribution in [0.25, 0.3) is 0 Å². The van der Waals surface area contributed by atoms with Gasteiger partial charge in [-0.3, -0.25) is 15.6 Å². The van der Waals surface area contributed by atoms with Gasteiger partial charge in [0.15, 0.2) is 11.6 Å². The molecule has 0 saturated carbocycles. The third kappa shape index (κ3) is 3.78. The van der Waals surface area contributed by atoms with Gasteiger partial charge in [0.2, 0.25) is 5.88 Å². The Morgan fingerprint density at radius 2 is 1.92 bits per heavy atom. The average molecular weight is 341 g/mol. The van der Waals surface area contributed by atoms with Crippen LogP contribution in [0.5, 0.6) is 17.4 Å². The molecule has 128 valence electrons. The topological polar surface area (TPSA) is 125 Å². The van der Waals surface area contributed by atoms with Crippen LogP contribution >= 0.6 is 0 Å². The number of hydrazine groups is 1. The van der Waals surface area contributed by atoms with Crippen LogP contribution < -0.4 is 26.1 Å². The van der Waals surface area contributed by atoms with Gasteiger partial charge in [-0.25, -0.2) is 4.98 Å². The number of nitrogen functional groups attached to an aromatic ring is 1. The highest BCUT2D eigenvalue weighted by molar-refractivity contribution is 5.92. The standard InChI is InChI=1S/C16H15N5O4/c1-23-10-4-6-11(7-5-10)25-16-13(17)14(18-9-19-16)20-21-15(22)12-3-2-8-24-12/h2-9H,17H2,1H3,(H,21,22)(H,18,19,20). The summed E-state index contributed by atoms with van der Waals surface area (Å²) in [4.78, 5) is 19.8. The first kappa shape index (κ1) is 16.1. The Bertz CT molecular complexity index is 849. The van der Waals surface area contributed by atoms with Crippen LogP contribution in [0.15, 0.2) is 53.4 Å². The number of nitrogens with two attached hydrogens (primary N) is 1. The second-order valence-electron chi connectivity index (χ2n) is 4.78. The zero-order valence-corrected chi connectivity index (χ0v) is 13.2. The molecule has 2 aromatic heterocycles. The normalized spacial score (nSPS) is 10.1. The number of benzene rings is 1. The smallest absolute Gasteiger partial charge is 0.305 e. The van der Waals surface area contributed by atoms with Crippen molar-refractivity contribution in [1.29, 1.82) is 0 Å². The number of hydrogen-bond acceptors (Lipinski definition) is 8. The van der Waals surface area contributed by atoms with Crippen molar-refractivity contribution in [3.05, 3.63) is 54.7 Å². The molecule has 0 spiro atoms. The summed E-state index contributed by atoms with van der Waals surface area (Å²) < 4.78 is 15.7. The first-order valence-electron chi connectivity index (χ1n) is 7.19. The number of methoxy groups -OCH3 is 1. The van der Waals surface area contributed by atoms with E-state index < -0.39 is 5.91 Å². The molecule has 9 heteroatoms. The van der Waals surface area contributed by atoms with Gasteiger partial charge in [-0.2, -0.15) is 4.98 Å². The van der Waals surface area contributed by atoms with E-state index in [2.05, 4.69) is 20.8 Å². The quantitative estimate of drug-likeness (QED) is 0.583. The van der Waals surface area contributed by atoms with Crippen LogP contribution in [0.1, 0.15) is 10.6 Å². The monoisotopic (exact) mass is 341 g/mol. The predicted octanol–water partition coefficient (Wildman–Crippen LogP) is 2.21. The molecule has 0 aliphatic rings. The Kier molecular flexibility index (Phi) is 4.65. The Hall–Kier alpha value is -3.75. The van der Waals surface area contributed by atoms with Gasteiger partial charge in [0.1, 0.15) is 23.5 Å². The highest BCUT2D eigenvalue weighted by Gasteiger charge is 2.13. The van der Waals surface area contributed by atoms with E-state index in [1.807, 2.05) is 0 Å². The molecule has 0 atom stereocenters. The maximum atomic E-state index is 11.8. The van der Waals surface area contributed by atoms with Gasteiger partial charge in [0, 0.05) is 0 Å². The van der Waals surface area contributed by atoms with Crippen molar-refractivity contribution in [2.24, 2.45) is 0 Å². The summed E-state index contributed by atoms with van der Waals surface area (Å²) in [5.74, 6) is 1.24. The van der Waals surface area contributed by atoms with Gasteiger partial charge in [0.25, 0.3) is 0 Å². The van der Waals surface area contributed by atoms with E-state index in [0.717, 1.165) is 0 Å². The lowest BCUT2D eigenvalue weighted by atomic mass is 10.3. The predicted molar refractivity (Wildman–Crippen MR) is 89.3 cm³/mol. The molecule has 4 N–H and O–H groups in total. The third-order valence-corrected chi connectivity index (χ3v) is 3.16. The molecule has 0 unspecified atom stereocenters. The van der Waals surface area contributed by atoms with E-state index in [0.29, 0.717) is 11.5 Å². The number of nitrogens with one attached hydrogen (secondary N) is 2. The number of carbonyl (C=O) groups is 1. The summed E-state index contributed by atoms with van der Waals surface area (Å²) in [6.45, 7) is 0. The molecule has 0 saturated heterocycles. The van der Waals surface area contributed by atoms with Crippen LogP contribution in [0.3, 0.4) is 0 Å². The lowest BCUT2D eigenvalue weighted by Crippen LogP contribution is -2.30. The lowest BCUT2D eigenvalue weighted by Gasteiger charge is -2.12. The minimum Gasteiger partial charge on any atom is -0.497 e. The molecule has 3 aromatic rings. The van der Waals surface area contributed by atoms with Crippen LogP contribution in [-0.2, 0) is 0 Å². The fourth-order valence-electron chi connectivity index (χ4n) is 1.90. The van der Waals surface area contributed by atoms with Crippen molar-refractivity contribution in [3.8, 4) is 17.4 Å². The number of carbonyl (C=O) groups excluding carboxylic acids is 1. The molecule has 0 fully saturated rings. The zero-order valence-electron chi connectivity index (χ0n) is 13.2. The van der Waals surface area contributed by atoms with Gasteiger partial charge in [-0.1, -0.05) is 0 Å². The lowest BCUT2D eigenvalue weighted by molar-refractivity contribution is 0.0935. The Morgan fingerprint density at radius 3 is 2.60 bits per heavy atom. The maximum absolute atomic E-state index is 11.8. The number of nitrogens with zero attached hydrogens (tertiary/aromatic N) is 2. The highest BCUT2D eigenvalue weighted by Crippen LogP contribution is 2.29. The maximum Gasteiger partial charge on any atom is 0.305 e. The number of hydrogen-bond donors (Lipinski definition) is 3. The highest BCUT2D eigenvalue weighted by atomic mass is 16.5. The number of furan rings is 1. The fourth-order valence-corrected chi connectivity index (χ4v) is 1.90. The van der Waals surface area contributed by atoms with Gasteiger partial charge in [-0.15, -0.1) is 0 Å². The van der Waals surface area contributed by atoms with Crippen molar-refractivity contribution in [2.45, 2.75) is 0 Å². The molecule has 1 aromatic carbocycles. The number of amides is 1. The summed E-state index contributed by atoms with van der Waals surface area (Å²) in [5.41, 5.74) is 11.2. The number of aromatic nitrogens is 2. The number of anilines is 2. The molecule has 25 heavy (non-hydrogen) atoms. The van der Waals surface area contributed by atoms with E-state index in [-0.39, 0.29) is 23.1 Å². The van der Waals surface area contributed by atoms with Gasteiger partial charge >= 0.3 is 5.91 Å². The van der Waals surface area contributed by atoms with Gasteiger partial charge in [0.05, 0.1) is 13.4 Å². The molecule has 0 aliphatic carbocycles. The van der Waals surface area contributed by atoms with E-state index in [1.54, 1.807) is 37.4 Å². The number of ether oxygens (including phenoxy) is 2. The summed E-state index contributed by atoms with van der Waals surface area (Å²) in [5, 5.41) is 0. The first-order chi connectivity index (χ1) is 12.2. The largest absolute Gasteiger partial charge is 0.497 e. The fraction of sp³-hybridized carbons (Fsp3) is 0.0625. The molecule has 1 amide bonds. The van der Waals surface area contributed by atoms with Gasteiger partial charge < -0.3 is 19.6 Å². The second-order valence-corrected chi connectivity index (χ2v) is 4.78. The van der Waals surface area contributed by atoms with Crippen LogP contribution in [0, 0.1) is 0 Å². The molecule has 9 nitrogen and oxygen atoms in total. The Balaban J connectivity index is 1.69. The summed E-state index contributed by atoms with van der Waals surface area (Å²) in [7, 11) is 1.58. The Labute approximate surface area is 142 Å². The SMILES string of the molecule is COc1ccc(Oc2ncnc(NNC(=O)c3ccco3)c2N)cc1. The van der Waals surface area contributed by atoms with Gasteiger partial charge in [-0.05, 0) is 36.4 Å². The second kappa shape index (κ2) is 7.21. The zero-order chi connectivity index (χ0) is 17.6. The van der Waals surface area contributed by atoms with Crippen molar-refractivity contribution >= 4 is 17.4 Å². The van der Waals surface area contributed by atoms with Crippen LogP contribution in [0.2, 0.25) is 0 Å². The molecule has 0 radical (unpaired) electrons. The molecule has 2 heterocycles. The van der Waals surface area contributed by atoms with Crippen LogP contribution in [0.4, 0.5) is 11.5 Å². The van der Waals surface area contributed by atoms with E-state index in [9.17, 15) is 4.79 Å². The van der Waals surface area contributed by atoms with Crippen molar-refractivity contribution in [3.63, 3.8) is 0 Å². The minimum atomic E-state index is -0.472. The van der Waals surface area contributed by atoms with Crippen molar-refractivity contribution in [2.75, 3.05) is 18.3 Å². The molecular weight excluding hydrogens is 326 g/mol. The minimum absolute atomic E-state index is 0.137. The Morgan fingerprint density at radius 1 is 1.16 bits per heavy atom. The summed E-state index contributed by atoms with van der Waals surface area (Å²) >= 11 is 0. The van der Waals surface area contributed by atoms with Crippen LogP contribution in [-0.4, -0.2) is 23.0 Å². The van der Waals surface area contributed by atoms with E-state index >= 15 is 0 Å². The first-order valence-corrected chi connectivity index (χ1v) is 7.19.